The number of rotatable bonds is 4. The number of hydrogen-bond acceptors (Lipinski definition) is 1. The Morgan fingerprint density at radius 1 is 0.895 bits per heavy atom. The molecule has 0 atom stereocenters. The van der Waals surface area contributed by atoms with E-state index in [0.717, 1.165) is 18.9 Å². The van der Waals surface area contributed by atoms with Crippen LogP contribution >= 0.6 is 0 Å². The van der Waals surface area contributed by atoms with E-state index in [-0.39, 0.29) is 0 Å². The summed E-state index contributed by atoms with van der Waals surface area (Å²) < 4.78 is 0. The molecule has 19 heavy (non-hydrogen) atoms. The Kier molecular flexibility index (Phi) is 4.73. The lowest BCUT2D eigenvalue weighted by atomic mass is 10.2. The van der Waals surface area contributed by atoms with Gasteiger partial charge in [0.25, 0.3) is 0 Å². The van der Waals surface area contributed by atoms with Crippen LogP contribution in [0.2, 0.25) is 0 Å². The second-order valence-corrected chi connectivity index (χ2v) is 4.69. The van der Waals surface area contributed by atoms with Gasteiger partial charge in [0.1, 0.15) is 0 Å². The minimum absolute atomic E-state index is 0.742. The molecule has 0 aliphatic carbocycles. The summed E-state index contributed by atoms with van der Waals surface area (Å²) in [6.07, 6.45) is 0. The summed E-state index contributed by atoms with van der Waals surface area (Å²) in [5, 5.41) is 0. The zero-order valence-corrected chi connectivity index (χ0v) is 11.6. The van der Waals surface area contributed by atoms with E-state index in [2.05, 4.69) is 60.3 Å². The van der Waals surface area contributed by atoms with E-state index < -0.39 is 0 Å². The van der Waals surface area contributed by atoms with E-state index in [1.54, 1.807) is 0 Å². The lowest BCUT2D eigenvalue weighted by Gasteiger charge is -2.18. The van der Waals surface area contributed by atoms with Crippen molar-refractivity contribution >= 4 is 5.84 Å². The Bertz CT molecular complexity index is 517. The van der Waals surface area contributed by atoms with Gasteiger partial charge in [-0.2, -0.15) is 0 Å². The van der Waals surface area contributed by atoms with Crippen molar-refractivity contribution in [2.75, 3.05) is 7.05 Å². The molecule has 0 bridgehead atoms. The molecule has 0 aliphatic heterocycles. The number of nitrogens with zero attached hydrogens (tertiary/aromatic N) is 2. The van der Waals surface area contributed by atoms with Crippen molar-refractivity contribution in [2.24, 2.45) is 4.99 Å². The molecule has 0 unspecified atom stereocenters. The van der Waals surface area contributed by atoms with E-state index in [0.29, 0.717) is 0 Å². The van der Waals surface area contributed by atoms with Crippen molar-refractivity contribution in [1.29, 1.82) is 0 Å². The summed E-state index contributed by atoms with van der Waals surface area (Å²) in [4.78, 5) is 6.81. The van der Waals surface area contributed by atoms with Gasteiger partial charge in [0.15, 0.2) is 0 Å². The Morgan fingerprint density at radius 3 is 2.00 bits per heavy atom. The Hall–Kier alpha value is -2.09. The summed E-state index contributed by atoms with van der Waals surface area (Å²) in [5.74, 6) is 1.06. The highest BCUT2D eigenvalue weighted by atomic mass is 15.2. The zero-order chi connectivity index (χ0) is 13.5. The van der Waals surface area contributed by atoms with Crippen molar-refractivity contribution in [3.63, 3.8) is 0 Å². The molecule has 0 aromatic heterocycles. The van der Waals surface area contributed by atoms with Gasteiger partial charge < -0.3 is 4.90 Å². The number of aliphatic imine (C=N–C) groups is 1. The first-order valence-corrected chi connectivity index (χ1v) is 6.56. The third kappa shape index (κ3) is 4.25. The third-order valence-corrected chi connectivity index (χ3v) is 3.15. The van der Waals surface area contributed by atoms with Gasteiger partial charge in [0, 0.05) is 13.6 Å². The van der Waals surface area contributed by atoms with Crippen LogP contribution in [0.4, 0.5) is 0 Å². The van der Waals surface area contributed by atoms with Gasteiger partial charge in [0.05, 0.1) is 12.4 Å². The molecule has 2 heteroatoms. The molecule has 2 aromatic carbocycles. The fourth-order valence-electron chi connectivity index (χ4n) is 1.88. The largest absolute Gasteiger partial charge is 0.359 e. The van der Waals surface area contributed by atoms with Crippen LogP contribution in [-0.4, -0.2) is 17.8 Å². The van der Waals surface area contributed by atoms with E-state index in [1.165, 1.54) is 11.1 Å². The average molecular weight is 252 g/mol. The summed E-state index contributed by atoms with van der Waals surface area (Å²) in [5.41, 5.74) is 2.55. The molecule has 0 amide bonds. The maximum absolute atomic E-state index is 4.63. The van der Waals surface area contributed by atoms with Crippen molar-refractivity contribution in [2.45, 2.75) is 20.0 Å². The number of hydrogen-bond donors (Lipinski definition) is 0. The highest BCUT2D eigenvalue weighted by Gasteiger charge is 2.01. The molecule has 0 heterocycles. The first-order valence-electron chi connectivity index (χ1n) is 6.56. The second kappa shape index (κ2) is 6.74. The smallest absolute Gasteiger partial charge is 0.0962 e. The van der Waals surface area contributed by atoms with Crippen LogP contribution in [-0.2, 0) is 13.1 Å². The lowest BCUT2D eigenvalue weighted by Crippen LogP contribution is -2.23. The molecule has 0 saturated carbocycles. The van der Waals surface area contributed by atoms with Gasteiger partial charge in [-0.25, -0.2) is 0 Å². The van der Waals surface area contributed by atoms with E-state index in [9.17, 15) is 0 Å². The van der Waals surface area contributed by atoms with Crippen LogP contribution in [0.3, 0.4) is 0 Å². The van der Waals surface area contributed by atoms with Crippen molar-refractivity contribution in [3.05, 3.63) is 71.8 Å². The molecule has 2 rings (SSSR count). The fraction of sp³-hybridized carbons (Fsp3) is 0.235. The first kappa shape index (κ1) is 13.3. The molecule has 0 fully saturated rings. The van der Waals surface area contributed by atoms with E-state index in [4.69, 9.17) is 0 Å². The summed E-state index contributed by atoms with van der Waals surface area (Å²) >= 11 is 0. The SMILES string of the molecule is C/C(=N/Cc1ccccc1)N(C)Cc1ccccc1. The monoisotopic (exact) mass is 252 g/mol. The molecule has 2 aromatic rings. The third-order valence-electron chi connectivity index (χ3n) is 3.15. The molecule has 0 radical (unpaired) electrons. The molecule has 98 valence electrons. The Morgan fingerprint density at radius 2 is 1.42 bits per heavy atom. The van der Waals surface area contributed by atoms with Crippen molar-refractivity contribution in [3.8, 4) is 0 Å². The number of amidine groups is 1. The van der Waals surface area contributed by atoms with Gasteiger partial charge >= 0.3 is 0 Å². The van der Waals surface area contributed by atoms with Crippen LogP contribution in [0.5, 0.6) is 0 Å². The molecule has 0 saturated heterocycles. The number of benzene rings is 2. The maximum atomic E-state index is 4.63. The van der Waals surface area contributed by atoms with Crippen LogP contribution in [0.1, 0.15) is 18.1 Å². The summed E-state index contributed by atoms with van der Waals surface area (Å²) in [6, 6.07) is 20.8. The lowest BCUT2D eigenvalue weighted by molar-refractivity contribution is 0.495. The van der Waals surface area contributed by atoms with Crippen LogP contribution in [0, 0.1) is 0 Å². The van der Waals surface area contributed by atoms with Crippen molar-refractivity contribution in [1.82, 2.24) is 4.90 Å². The highest BCUT2D eigenvalue weighted by Crippen LogP contribution is 2.05. The molecular formula is C17H20N2. The maximum Gasteiger partial charge on any atom is 0.0962 e. The van der Waals surface area contributed by atoms with E-state index in [1.807, 2.05) is 24.3 Å². The summed E-state index contributed by atoms with van der Waals surface area (Å²) in [7, 11) is 2.08. The first-order chi connectivity index (χ1) is 9.25. The van der Waals surface area contributed by atoms with Crippen LogP contribution in [0.15, 0.2) is 65.7 Å². The van der Waals surface area contributed by atoms with Crippen molar-refractivity contribution < 1.29 is 0 Å². The van der Waals surface area contributed by atoms with Gasteiger partial charge in [-0.3, -0.25) is 4.99 Å². The van der Waals surface area contributed by atoms with Gasteiger partial charge in [-0.15, -0.1) is 0 Å². The molecule has 0 spiro atoms. The highest BCUT2D eigenvalue weighted by molar-refractivity contribution is 5.79. The quantitative estimate of drug-likeness (QED) is 0.598. The predicted octanol–water partition coefficient (Wildman–Crippen LogP) is 3.74. The minimum Gasteiger partial charge on any atom is -0.359 e. The minimum atomic E-state index is 0.742. The Balaban J connectivity index is 1.93. The molecule has 2 nitrogen and oxygen atoms in total. The zero-order valence-electron chi connectivity index (χ0n) is 11.6. The van der Waals surface area contributed by atoms with Gasteiger partial charge in [-0.05, 0) is 18.1 Å². The Labute approximate surface area is 115 Å². The van der Waals surface area contributed by atoms with Crippen LogP contribution in [0.25, 0.3) is 0 Å². The summed E-state index contributed by atoms with van der Waals surface area (Å²) in [6.45, 7) is 3.70. The fourth-order valence-corrected chi connectivity index (χ4v) is 1.88. The normalized spacial score (nSPS) is 11.4. The van der Waals surface area contributed by atoms with E-state index >= 15 is 0 Å². The predicted molar refractivity (Wildman–Crippen MR) is 81.2 cm³/mol. The average Bonchev–Trinajstić information content (AvgIpc) is 2.47. The molecule has 0 N–H and O–H groups in total. The standard InChI is InChI=1S/C17H20N2/c1-15(18-13-16-9-5-3-6-10-16)19(2)14-17-11-7-4-8-12-17/h3-12H,13-14H2,1-2H3/b18-15-. The topological polar surface area (TPSA) is 15.6 Å². The second-order valence-electron chi connectivity index (χ2n) is 4.69. The van der Waals surface area contributed by atoms with Gasteiger partial charge in [-0.1, -0.05) is 60.7 Å². The van der Waals surface area contributed by atoms with Gasteiger partial charge in [0.2, 0.25) is 0 Å². The van der Waals surface area contributed by atoms with Crippen LogP contribution < -0.4 is 0 Å². The molecule has 0 aliphatic rings. The molecular weight excluding hydrogens is 232 g/mol.